The molecule has 0 rings (SSSR count). The molecule has 0 amide bonds. The molecule has 218 valence electrons. The molecule has 0 heterocycles. The van der Waals surface area contributed by atoms with Gasteiger partial charge in [-0.3, -0.25) is 0 Å². The van der Waals surface area contributed by atoms with E-state index in [2.05, 4.69) is 13.8 Å². The first-order chi connectivity index (χ1) is 17.8. The average Bonchev–Trinajstić information content (AvgIpc) is 2.89. The highest BCUT2D eigenvalue weighted by molar-refractivity contribution is 6.17. The molecule has 0 fully saturated rings. The van der Waals surface area contributed by atoms with E-state index in [1.54, 1.807) is 0 Å². The third-order valence-electron chi connectivity index (χ3n) is 4.67. The van der Waals surface area contributed by atoms with Crippen LogP contribution in [0.3, 0.4) is 0 Å². The van der Waals surface area contributed by atoms with Crippen LogP contribution in [0.4, 0.5) is 0 Å². The fourth-order valence-electron chi connectivity index (χ4n) is 2.44. The minimum Gasteiger partial charge on any atom is -0.379 e. The molecule has 10 nitrogen and oxygen atoms in total. The summed E-state index contributed by atoms with van der Waals surface area (Å²) in [6, 6.07) is 0. The molecular weight excluding hydrogens is 496 g/mol. The predicted octanol–water partition coefficient (Wildman–Crippen LogP) is 2.44. The van der Waals surface area contributed by atoms with Crippen LogP contribution in [-0.4, -0.2) is 138 Å². The van der Waals surface area contributed by atoms with Crippen LogP contribution in [0.25, 0.3) is 0 Å². The largest absolute Gasteiger partial charge is 0.379 e. The van der Waals surface area contributed by atoms with E-state index in [9.17, 15) is 0 Å². The van der Waals surface area contributed by atoms with Crippen LogP contribution < -0.4 is 0 Å². The molecule has 1 atom stereocenters. The summed E-state index contributed by atoms with van der Waals surface area (Å²) in [5.74, 6) is 1.10. The molecule has 0 aromatic heterocycles. The first-order valence-electron chi connectivity index (χ1n) is 13.1. The van der Waals surface area contributed by atoms with E-state index < -0.39 is 0 Å². The molecule has 0 bridgehead atoms. The Labute approximate surface area is 223 Å². The van der Waals surface area contributed by atoms with Gasteiger partial charge in [0, 0.05) is 12.5 Å². The molecule has 36 heavy (non-hydrogen) atoms. The highest BCUT2D eigenvalue weighted by atomic mass is 35.5. The van der Waals surface area contributed by atoms with Crippen molar-refractivity contribution in [3.63, 3.8) is 0 Å². The van der Waals surface area contributed by atoms with E-state index >= 15 is 0 Å². The van der Waals surface area contributed by atoms with Crippen LogP contribution >= 0.6 is 11.6 Å². The summed E-state index contributed by atoms with van der Waals surface area (Å²) in [5, 5.41) is 0. The molecule has 0 saturated carbocycles. The molecule has 0 saturated heterocycles. The Hall–Kier alpha value is -0.110. The number of rotatable bonds is 32. The number of hydrogen-bond acceptors (Lipinski definition) is 10. The molecule has 1 unspecified atom stereocenters. The van der Waals surface area contributed by atoms with Crippen LogP contribution in [0.5, 0.6) is 0 Å². The zero-order chi connectivity index (χ0) is 26.2. The maximum atomic E-state index is 5.52. The Bertz CT molecular complexity index is 396. The van der Waals surface area contributed by atoms with Gasteiger partial charge < -0.3 is 47.4 Å². The normalized spacial score (nSPS) is 12.4. The SMILES string of the molecule is CCC(C)COCCOCCOCCOCCOCCOCCOCCOCCOCCOCCCl. The maximum absolute atomic E-state index is 5.52. The summed E-state index contributed by atoms with van der Waals surface area (Å²) in [5.41, 5.74) is 0. The zero-order valence-electron chi connectivity index (χ0n) is 22.6. The van der Waals surface area contributed by atoms with Gasteiger partial charge in [-0.25, -0.2) is 0 Å². The number of halogens is 1. The molecule has 0 radical (unpaired) electrons. The smallest absolute Gasteiger partial charge is 0.0701 e. The lowest BCUT2D eigenvalue weighted by Gasteiger charge is -2.10. The number of ether oxygens (including phenoxy) is 10. The van der Waals surface area contributed by atoms with Crippen LogP contribution in [0, 0.1) is 5.92 Å². The number of hydrogen-bond donors (Lipinski definition) is 0. The van der Waals surface area contributed by atoms with Crippen molar-refractivity contribution in [3.8, 4) is 0 Å². The molecule has 11 heteroatoms. The zero-order valence-corrected chi connectivity index (χ0v) is 23.4. The lowest BCUT2D eigenvalue weighted by atomic mass is 10.1. The minimum atomic E-state index is 0.502. The molecule has 0 N–H and O–H groups in total. The molecule has 0 aliphatic rings. The van der Waals surface area contributed by atoms with Crippen LogP contribution in [0.15, 0.2) is 0 Å². The Morgan fingerprint density at radius 2 is 0.611 bits per heavy atom. The quantitative estimate of drug-likeness (QED) is 0.0925. The Morgan fingerprint density at radius 3 is 0.833 bits per heavy atom. The van der Waals surface area contributed by atoms with Crippen LogP contribution in [0.1, 0.15) is 20.3 Å². The van der Waals surface area contributed by atoms with E-state index in [0.29, 0.717) is 137 Å². The lowest BCUT2D eigenvalue weighted by Crippen LogP contribution is -2.15. The second kappa shape index (κ2) is 32.9. The fourth-order valence-corrected chi connectivity index (χ4v) is 2.55. The van der Waals surface area contributed by atoms with Crippen LogP contribution in [-0.2, 0) is 47.4 Å². The molecular formula is C25H51ClO10. The van der Waals surface area contributed by atoms with E-state index in [-0.39, 0.29) is 0 Å². The molecule has 0 aliphatic carbocycles. The van der Waals surface area contributed by atoms with Gasteiger partial charge in [0.15, 0.2) is 0 Å². The summed E-state index contributed by atoms with van der Waals surface area (Å²) >= 11 is 5.50. The van der Waals surface area contributed by atoms with Crippen molar-refractivity contribution in [1.82, 2.24) is 0 Å². The summed E-state index contributed by atoms with van der Waals surface area (Å²) in [4.78, 5) is 0. The second-order valence-corrected chi connectivity index (χ2v) is 8.17. The first-order valence-corrected chi connectivity index (χ1v) is 13.7. The molecule has 0 aliphatic heterocycles. The Balaban J connectivity index is 3.02. The van der Waals surface area contributed by atoms with E-state index in [4.69, 9.17) is 59.0 Å². The Morgan fingerprint density at radius 1 is 0.389 bits per heavy atom. The van der Waals surface area contributed by atoms with Gasteiger partial charge in [0.05, 0.1) is 126 Å². The minimum absolute atomic E-state index is 0.502. The predicted molar refractivity (Wildman–Crippen MR) is 138 cm³/mol. The first kappa shape index (κ1) is 35.9. The molecule has 0 spiro atoms. The Kier molecular flexibility index (Phi) is 32.8. The van der Waals surface area contributed by atoms with Crippen molar-refractivity contribution in [2.45, 2.75) is 20.3 Å². The molecule has 0 aromatic rings. The average molecular weight is 547 g/mol. The third-order valence-corrected chi connectivity index (χ3v) is 4.82. The van der Waals surface area contributed by atoms with Crippen molar-refractivity contribution in [1.29, 1.82) is 0 Å². The van der Waals surface area contributed by atoms with Gasteiger partial charge in [0.25, 0.3) is 0 Å². The van der Waals surface area contributed by atoms with Crippen LogP contribution in [0.2, 0.25) is 0 Å². The highest BCUT2D eigenvalue weighted by Gasteiger charge is 1.98. The van der Waals surface area contributed by atoms with E-state index in [1.165, 1.54) is 0 Å². The van der Waals surface area contributed by atoms with Gasteiger partial charge >= 0.3 is 0 Å². The van der Waals surface area contributed by atoms with E-state index in [1.807, 2.05) is 0 Å². The van der Waals surface area contributed by atoms with Gasteiger partial charge in [-0.1, -0.05) is 20.3 Å². The standard InChI is InChI=1S/C25H51ClO10/c1-3-25(2)24-36-23-22-35-21-20-34-19-18-33-17-16-32-15-14-31-13-12-30-11-10-29-9-8-28-7-6-27-5-4-26/h25H,3-24H2,1-2H3. The fraction of sp³-hybridized carbons (Fsp3) is 1.00. The summed E-state index contributed by atoms with van der Waals surface area (Å²) in [6.45, 7) is 15.5. The monoisotopic (exact) mass is 546 g/mol. The van der Waals surface area contributed by atoms with Crippen molar-refractivity contribution in [2.24, 2.45) is 5.92 Å². The van der Waals surface area contributed by atoms with Gasteiger partial charge in [-0.05, 0) is 5.92 Å². The van der Waals surface area contributed by atoms with Crippen molar-refractivity contribution in [3.05, 3.63) is 0 Å². The lowest BCUT2D eigenvalue weighted by molar-refractivity contribution is -0.0266. The number of alkyl halides is 1. The van der Waals surface area contributed by atoms with Gasteiger partial charge in [0.2, 0.25) is 0 Å². The summed E-state index contributed by atoms with van der Waals surface area (Å²) < 4.78 is 54.2. The van der Waals surface area contributed by atoms with Gasteiger partial charge in [-0.2, -0.15) is 0 Å². The third kappa shape index (κ3) is 31.9. The summed E-state index contributed by atoms with van der Waals surface area (Å²) in [7, 11) is 0. The molecule has 0 aromatic carbocycles. The maximum Gasteiger partial charge on any atom is 0.0701 e. The topological polar surface area (TPSA) is 92.3 Å². The van der Waals surface area contributed by atoms with Crippen molar-refractivity contribution in [2.75, 3.05) is 138 Å². The van der Waals surface area contributed by atoms with Crippen molar-refractivity contribution >= 4 is 11.6 Å². The second-order valence-electron chi connectivity index (χ2n) is 7.79. The van der Waals surface area contributed by atoms with E-state index in [0.717, 1.165) is 13.0 Å². The summed E-state index contributed by atoms with van der Waals surface area (Å²) in [6.07, 6.45) is 1.14. The highest BCUT2D eigenvalue weighted by Crippen LogP contribution is 2.00. The van der Waals surface area contributed by atoms with Gasteiger partial charge in [-0.15, -0.1) is 11.6 Å². The van der Waals surface area contributed by atoms with Crippen molar-refractivity contribution < 1.29 is 47.4 Å². The van der Waals surface area contributed by atoms with Gasteiger partial charge in [0.1, 0.15) is 0 Å².